The number of aromatic amines is 1. The molecule has 18 heavy (non-hydrogen) atoms. The standard InChI is InChI=1S/C13H14N4O/c1-3-8(4-2)12-10-7-9(13(18)15-14)5-6-11(10)16-17-12/h3-7H,1,14H2,2H3,(H,15,18)(H,16,17)/b8-4+. The summed E-state index contributed by atoms with van der Waals surface area (Å²) in [6, 6.07) is 5.24. The van der Waals surface area contributed by atoms with Gasteiger partial charge in [-0.15, -0.1) is 0 Å². The van der Waals surface area contributed by atoms with E-state index in [9.17, 15) is 4.79 Å². The molecule has 0 unspecified atom stereocenters. The van der Waals surface area contributed by atoms with Crippen molar-refractivity contribution in [2.45, 2.75) is 6.92 Å². The van der Waals surface area contributed by atoms with E-state index in [-0.39, 0.29) is 5.91 Å². The molecule has 2 aromatic rings. The molecule has 5 nitrogen and oxygen atoms in total. The molecule has 0 saturated heterocycles. The summed E-state index contributed by atoms with van der Waals surface area (Å²) in [4.78, 5) is 11.5. The maximum Gasteiger partial charge on any atom is 0.265 e. The van der Waals surface area contributed by atoms with Crippen LogP contribution in [0, 0.1) is 0 Å². The third-order valence-corrected chi connectivity index (χ3v) is 2.76. The summed E-state index contributed by atoms with van der Waals surface area (Å²) in [6.45, 7) is 5.66. The molecule has 1 amide bonds. The van der Waals surface area contributed by atoms with Crippen molar-refractivity contribution in [3.8, 4) is 0 Å². The van der Waals surface area contributed by atoms with Crippen LogP contribution in [0.15, 0.2) is 36.9 Å². The largest absolute Gasteiger partial charge is 0.290 e. The van der Waals surface area contributed by atoms with E-state index in [2.05, 4.69) is 22.2 Å². The lowest BCUT2D eigenvalue weighted by Gasteiger charge is -2.01. The first-order valence-corrected chi connectivity index (χ1v) is 5.49. The Labute approximate surface area is 104 Å². The third kappa shape index (κ3) is 1.91. The van der Waals surface area contributed by atoms with Gasteiger partial charge in [-0.3, -0.25) is 15.3 Å². The molecule has 5 heteroatoms. The minimum Gasteiger partial charge on any atom is -0.290 e. The van der Waals surface area contributed by atoms with Gasteiger partial charge in [0.15, 0.2) is 0 Å². The van der Waals surface area contributed by atoms with Gasteiger partial charge < -0.3 is 0 Å². The quantitative estimate of drug-likeness (QED) is 0.332. The highest BCUT2D eigenvalue weighted by Gasteiger charge is 2.11. The number of hydrogen-bond donors (Lipinski definition) is 3. The van der Waals surface area contributed by atoms with Crippen LogP contribution >= 0.6 is 0 Å². The number of nitrogens with two attached hydrogens (primary N) is 1. The van der Waals surface area contributed by atoms with Crippen LogP contribution in [-0.4, -0.2) is 16.1 Å². The van der Waals surface area contributed by atoms with Crippen LogP contribution in [0.1, 0.15) is 23.0 Å². The Balaban J connectivity index is 2.63. The van der Waals surface area contributed by atoms with E-state index in [1.54, 1.807) is 24.3 Å². The first-order valence-electron chi connectivity index (χ1n) is 5.49. The summed E-state index contributed by atoms with van der Waals surface area (Å²) in [5.41, 5.74) is 5.15. The smallest absolute Gasteiger partial charge is 0.265 e. The lowest BCUT2D eigenvalue weighted by atomic mass is 10.1. The van der Waals surface area contributed by atoms with Crippen LogP contribution in [-0.2, 0) is 0 Å². The van der Waals surface area contributed by atoms with Crippen molar-refractivity contribution in [2.24, 2.45) is 5.84 Å². The molecule has 1 heterocycles. The van der Waals surface area contributed by atoms with Gasteiger partial charge in [0, 0.05) is 10.9 Å². The SMILES string of the molecule is C=C/C(=C\C)c1n[nH]c2ccc(C(=O)NN)cc12. The van der Waals surface area contributed by atoms with Gasteiger partial charge in [-0.25, -0.2) is 5.84 Å². The Morgan fingerprint density at radius 2 is 2.33 bits per heavy atom. The summed E-state index contributed by atoms with van der Waals surface area (Å²) < 4.78 is 0. The minimum atomic E-state index is -0.329. The number of rotatable bonds is 3. The molecular formula is C13H14N4O. The number of fused-ring (bicyclic) bond motifs is 1. The van der Waals surface area contributed by atoms with Crippen molar-refractivity contribution in [3.63, 3.8) is 0 Å². The van der Waals surface area contributed by atoms with Crippen molar-refractivity contribution in [2.75, 3.05) is 0 Å². The number of hydrazine groups is 1. The first kappa shape index (κ1) is 12.1. The second-order valence-electron chi connectivity index (χ2n) is 3.75. The Kier molecular flexibility index (Phi) is 3.25. The van der Waals surface area contributed by atoms with E-state index in [0.717, 1.165) is 22.2 Å². The zero-order chi connectivity index (χ0) is 13.1. The number of nitrogen functional groups attached to an aromatic ring is 1. The summed E-state index contributed by atoms with van der Waals surface area (Å²) in [7, 11) is 0. The second kappa shape index (κ2) is 4.85. The molecule has 0 aliphatic rings. The Morgan fingerprint density at radius 1 is 1.56 bits per heavy atom. The maximum absolute atomic E-state index is 11.5. The Hall–Kier alpha value is -2.40. The van der Waals surface area contributed by atoms with Gasteiger partial charge in [0.2, 0.25) is 0 Å². The fourth-order valence-electron chi connectivity index (χ4n) is 1.81. The van der Waals surface area contributed by atoms with Crippen molar-refractivity contribution in [3.05, 3.63) is 48.2 Å². The van der Waals surface area contributed by atoms with E-state index in [4.69, 9.17) is 5.84 Å². The zero-order valence-corrected chi connectivity index (χ0v) is 10.0. The highest BCUT2D eigenvalue weighted by molar-refractivity contribution is 6.00. The normalized spacial score (nSPS) is 11.6. The summed E-state index contributed by atoms with van der Waals surface area (Å²) >= 11 is 0. The third-order valence-electron chi connectivity index (χ3n) is 2.76. The number of carbonyl (C=O) groups is 1. The van der Waals surface area contributed by atoms with Crippen LogP contribution in [0.2, 0.25) is 0 Å². The number of nitrogens with zero attached hydrogens (tertiary/aromatic N) is 1. The number of hydrogen-bond acceptors (Lipinski definition) is 3. The number of nitrogens with one attached hydrogen (secondary N) is 2. The fraction of sp³-hybridized carbons (Fsp3) is 0.0769. The Morgan fingerprint density at radius 3 is 2.94 bits per heavy atom. The van der Waals surface area contributed by atoms with Gasteiger partial charge in [-0.1, -0.05) is 18.7 Å². The Bertz CT molecular complexity index is 639. The molecule has 1 aromatic carbocycles. The van der Waals surface area contributed by atoms with E-state index in [1.807, 2.05) is 13.0 Å². The lowest BCUT2D eigenvalue weighted by molar-refractivity contribution is 0.0954. The summed E-state index contributed by atoms with van der Waals surface area (Å²) in [6.07, 6.45) is 3.64. The summed E-state index contributed by atoms with van der Waals surface area (Å²) in [5, 5.41) is 8.02. The molecular weight excluding hydrogens is 228 g/mol. The lowest BCUT2D eigenvalue weighted by Crippen LogP contribution is -2.29. The number of amides is 1. The van der Waals surface area contributed by atoms with Crippen LogP contribution in [0.3, 0.4) is 0 Å². The van der Waals surface area contributed by atoms with Gasteiger partial charge >= 0.3 is 0 Å². The van der Waals surface area contributed by atoms with Gasteiger partial charge in [-0.05, 0) is 30.7 Å². The van der Waals surface area contributed by atoms with Gasteiger partial charge in [0.1, 0.15) is 0 Å². The van der Waals surface area contributed by atoms with Gasteiger partial charge in [0.25, 0.3) is 5.91 Å². The van der Waals surface area contributed by atoms with E-state index < -0.39 is 0 Å². The maximum atomic E-state index is 11.5. The van der Waals surface area contributed by atoms with E-state index >= 15 is 0 Å². The monoisotopic (exact) mass is 242 g/mol. The van der Waals surface area contributed by atoms with Crippen molar-refractivity contribution >= 4 is 22.4 Å². The average molecular weight is 242 g/mol. The molecule has 0 bridgehead atoms. The van der Waals surface area contributed by atoms with E-state index in [0.29, 0.717) is 5.56 Å². The van der Waals surface area contributed by atoms with Crippen molar-refractivity contribution in [1.82, 2.24) is 15.6 Å². The first-order chi connectivity index (χ1) is 8.71. The topological polar surface area (TPSA) is 83.8 Å². The molecule has 0 saturated carbocycles. The molecule has 92 valence electrons. The average Bonchev–Trinajstić information content (AvgIpc) is 2.82. The van der Waals surface area contributed by atoms with Crippen LogP contribution in [0.5, 0.6) is 0 Å². The molecule has 0 aliphatic carbocycles. The van der Waals surface area contributed by atoms with Crippen LogP contribution < -0.4 is 11.3 Å². The molecule has 0 atom stereocenters. The van der Waals surface area contributed by atoms with Crippen molar-refractivity contribution < 1.29 is 4.79 Å². The number of benzene rings is 1. The fourth-order valence-corrected chi connectivity index (χ4v) is 1.81. The molecule has 0 aliphatic heterocycles. The predicted octanol–water partition coefficient (Wildman–Crippen LogP) is 1.76. The van der Waals surface area contributed by atoms with Crippen LogP contribution in [0.4, 0.5) is 0 Å². The molecule has 4 N–H and O–H groups in total. The molecule has 0 spiro atoms. The van der Waals surface area contributed by atoms with E-state index in [1.165, 1.54) is 0 Å². The molecule has 1 aromatic heterocycles. The predicted molar refractivity (Wildman–Crippen MR) is 71.6 cm³/mol. The summed E-state index contributed by atoms with van der Waals surface area (Å²) in [5.74, 6) is 4.79. The number of H-pyrrole nitrogens is 1. The highest BCUT2D eigenvalue weighted by Crippen LogP contribution is 2.24. The highest BCUT2D eigenvalue weighted by atomic mass is 16.2. The molecule has 0 radical (unpaired) electrons. The number of allylic oxidation sites excluding steroid dienone is 3. The van der Waals surface area contributed by atoms with Gasteiger partial charge in [-0.2, -0.15) is 5.10 Å². The molecule has 0 fully saturated rings. The minimum absolute atomic E-state index is 0.329. The number of aromatic nitrogens is 2. The molecule has 2 rings (SSSR count). The van der Waals surface area contributed by atoms with Gasteiger partial charge in [0.05, 0.1) is 11.2 Å². The number of carbonyl (C=O) groups excluding carboxylic acids is 1. The van der Waals surface area contributed by atoms with Crippen LogP contribution in [0.25, 0.3) is 16.5 Å². The second-order valence-corrected chi connectivity index (χ2v) is 3.75. The zero-order valence-electron chi connectivity index (χ0n) is 10.0. The van der Waals surface area contributed by atoms with Crippen molar-refractivity contribution in [1.29, 1.82) is 0 Å².